The minimum atomic E-state index is -0.388. The number of ether oxygens (including phenoxy) is 3. The molecule has 1 aliphatic rings. The van der Waals surface area contributed by atoms with Crippen LogP contribution in [0.1, 0.15) is 28.4 Å². The topological polar surface area (TPSA) is 77.4 Å². The molecule has 3 aromatic rings. The van der Waals surface area contributed by atoms with Crippen molar-refractivity contribution in [2.75, 3.05) is 20.8 Å². The predicted molar refractivity (Wildman–Crippen MR) is 154 cm³/mol. The molecule has 1 amide bonds. The minimum absolute atomic E-state index is 0.175. The molecule has 1 saturated heterocycles. The second kappa shape index (κ2) is 12.5. The number of rotatable bonds is 8. The van der Waals surface area contributed by atoms with Crippen LogP contribution in [0.2, 0.25) is 5.02 Å². The van der Waals surface area contributed by atoms with E-state index in [0.717, 1.165) is 11.1 Å². The fraction of sp³-hybridized carbons (Fsp3) is 0.179. The molecule has 0 aromatic heterocycles. The summed E-state index contributed by atoms with van der Waals surface area (Å²) in [7, 11) is 3.23. The lowest BCUT2D eigenvalue weighted by atomic mass is 10.1. The number of esters is 1. The van der Waals surface area contributed by atoms with Gasteiger partial charge < -0.3 is 14.2 Å². The van der Waals surface area contributed by atoms with E-state index in [0.29, 0.717) is 48.9 Å². The van der Waals surface area contributed by atoms with Gasteiger partial charge in [0.25, 0.3) is 5.91 Å². The third kappa shape index (κ3) is 6.40. The van der Waals surface area contributed by atoms with Gasteiger partial charge >= 0.3 is 5.97 Å². The van der Waals surface area contributed by atoms with E-state index >= 15 is 0 Å². The lowest BCUT2D eigenvalue weighted by molar-refractivity contribution is -0.121. The van der Waals surface area contributed by atoms with Gasteiger partial charge in [-0.15, -0.1) is 0 Å². The molecule has 1 aliphatic heterocycles. The summed E-state index contributed by atoms with van der Waals surface area (Å²) in [6.45, 7) is 2.34. The molecule has 196 valence electrons. The zero-order valence-corrected chi connectivity index (χ0v) is 24.0. The molecule has 0 radical (unpaired) electrons. The van der Waals surface area contributed by atoms with Crippen LogP contribution in [-0.4, -0.2) is 42.7 Å². The SMILES string of the molecule is CCOC(=O)c1ccc(N=C2S/C(=C\c3cc(Br)c(OCc4ccccc4Cl)c(OC)c3)C(=O)N2C)cc1. The second-order valence-electron chi connectivity index (χ2n) is 8.05. The van der Waals surface area contributed by atoms with E-state index in [1.807, 2.05) is 30.3 Å². The second-order valence-corrected chi connectivity index (χ2v) is 10.3. The van der Waals surface area contributed by atoms with Crippen LogP contribution >= 0.6 is 39.3 Å². The summed E-state index contributed by atoms with van der Waals surface area (Å²) in [6.07, 6.45) is 1.78. The Morgan fingerprint density at radius 3 is 2.58 bits per heavy atom. The van der Waals surface area contributed by atoms with E-state index in [1.54, 1.807) is 57.5 Å². The van der Waals surface area contributed by atoms with Gasteiger partial charge in [0.1, 0.15) is 6.61 Å². The quantitative estimate of drug-likeness (QED) is 0.199. The number of methoxy groups -OCH3 is 1. The number of aliphatic imine (C=N–C) groups is 1. The molecule has 1 heterocycles. The number of thioether (sulfide) groups is 1. The van der Waals surface area contributed by atoms with E-state index in [-0.39, 0.29) is 18.5 Å². The van der Waals surface area contributed by atoms with Gasteiger partial charge in [-0.1, -0.05) is 29.8 Å². The number of amides is 1. The highest BCUT2D eigenvalue weighted by molar-refractivity contribution is 9.10. The van der Waals surface area contributed by atoms with Gasteiger partial charge in [0.2, 0.25) is 0 Å². The molecule has 7 nitrogen and oxygen atoms in total. The molecule has 0 aliphatic carbocycles. The fourth-order valence-corrected chi connectivity index (χ4v) is 5.28. The van der Waals surface area contributed by atoms with Crippen LogP contribution in [0.5, 0.6) is 11.5 Å². The van der Waals surface area contributed by atoms with Gasteiger partial charge in [0.05, 0.1) is 34.3 Å². The van der Waals surface area contributed by atoms with Crippen LogP contribution < -0.4 is 9.47 Å². The normalized spacial score (nSPS) is 15.3. The number of hydrogen-bond donors (Lipinski definition) is 0. The van der Waals surface area contributed by atoms with Gasteiger partial charge in [-0.3, -0.25) is 9.69 Å². The van der Waals surface area contributed by atoms with Crippen molar-refractivity contribution in [3.63, 3.8) is 0 Å². The van der Waals surface area contributed by atoms with E-state index < -0.39 is 0 Å². The molecule has 0 N–H and O–H groups in total. The maximum atomic E-state index is 12.9. The number of hydrogen-bond acceptors (Lipinski definition) is 7. The number of carbonyl (C=O) groups is 2. The Balaban J connectivity index is 1.53. The molecule has 3 aromatic carbocycles. The van der Waals surface area contributed by atoms with Crippen LogP contribution in [0.4, 0.5) is 5.69 Å². The number of carbonyl (C=O) groups excluding carboxylic acids is 2. The standard InChI is InChI=1S/C28H24BrClN2O5S/c1-4-36-27(34)18-9-11-20(12-10-18)31-28-32(2)26(33)24(38-28)15-17-13-21(29)25(23(14-17)35-3)37-16-19-7-5-6-8-22(19)30/h5-15H,4,16H2,1-3H3/b24-15-,31-28?. The Labute approximate surface area is 238 Å². The van der Waals surface area contributed by atoms with Crippen LogP contribution in [0.15, 0.2) is 75.0 Å². The lowest BCUT2D eigenvalue weighted by Gasteiger charge is -2.14. The monoisotopic (exact) mass is 614 g/mol. The van der Waals surface area contributed by atoms with Crippen molar-refractivity contribution in [3.8, 4) is 11.5 Å². The third-order valence-electron chi connectivity index (χ3n) is 5.49. The Kier molecular flexibility index (Phi) is 9.14. The summed E-state index contributed by atoms with van der Waals surface area (Å²) in [5, 5.41) is 1.15. The number of benzene rings is 3. The van der Waals surface area contributed by atoms with Gasteiger partial charge in [-0.25, -0.2) is 9.79 Å². The Bertz CT molecular complexity index is 1430. The summed E-state index contributed by atoms with van der Waals surface area (Å²) >= 11 is 11.1. The number of nitrogens with zero attached hydrogens (tertiary/aromatic N) is 2. The summed E-state index contributed by atoms with van der Waals surface area (Å²) in [5.74, 6) is 0.482. The van der Waals surface area contributed by atoms with Crippen molar-refractivity contribution in [1.29, 1.82) is 0 Å². The van der Waals surface area contributed by atoms with E-state index in [2.05, 4.69) is 20.9 Å². The molecular formula is C28H24BrClN2O5S. The Morgan fingerprint density at radius 1 is 1.16 bits per heavy atom. The van der Waals surface area contributed by atoms with Gasteiger partial charge in [-0.2, -0.15) is 0 Å². The highest BCUT2D eigenvalue weighted by atomic mass is 79.9. The summed E-state index contributed by atoms with van der Waals surface area (Å²) < 4.78 is 17.3. The highest BCUT2D eigenvalue weighted by Gasteiger charge is 2.30. The first-order valence-corrected chi connectivity index (χ1v) is 13.6. The first-order valence-electron chi connectivity index (χ1n) is 11.6. The molecule has 0 spiro atoms. The van der Waals surface area contributed by atoms with Gasteiger partial charge in [0.15, 0.2) is 16.7 Å². The minimum Gasteiger partial charge on any atom is -0.493 e. The number of amidine groups is 1. The molecule has 4 rings (SSSR count). The van der Waals surface area contributed by atoms with Crippen molar-refractivity contribution in [2.24, 2.45) is 4.99 Å². The van der Waals surface area contributed by atoms with Crippen molar-refractivity contribution < 1.29 is 23.8 Å². The average molecular weight is 616 g/mol. The van der Waals surface area contributed by atoms with Crippen LogP contribution in [0.3, 0.4) is 0 Å². The largest absolute Gasteiger partial charge is 0.493 e. The molecule has 38 heavy (non-hydrogen) atoms. The molecule has 0 unspecified atom stereocenters. The number of likely N-dealkylation sites (N-methyl/N-ethyl adjacent to an activating group) is 1. The predicted octanol–water partition coefficient (Wildman–Crippen LogP) is 7.10. The fourth-order valence-electron chi connectivity index (χ4n) is 3.53. The molecule has 0 bridgehead atoms. The summed E-state index contributed by atoms with van der Waals surface area (Å²) in [5.41, 5.74) is 2.67. The van der Waals surface area contributed by atoms with Crippen molar-refractivity contribution in [2.45, 2.75) is 13.5 Å². The molecule has 0 saturated carbocycles. The van der Waals surface area contributed by atoms with Crippen LogP contribution in [0.25, 0.3) is 6.08 Å². The lowest BCUT2D eigenvalue weighted by Crippen LogP contribution is -2.23. The third-order valence-corrected chi connectivity index (χ3v) is 7.50. The van der Waals surface area contributed by atoms with Crippen LogP contribution in [-0.2, 0) is 16.1 Å². The molecule has 10 heteroatoms. The maximum absolute atomic E-state index is 12.9. The van der Waals surface area contributed by atoms with Crippen molar-refractivity contribution >= 4 is 68.1 Å². The smallest absolute Gasteiger partial charge is 0.338 e. The van der Waals surface area contributed by atoms with Crippen molar-refractivity contribution in [1.82, 2.24) is 4.90 Å². The summed E-state index contributed by atoms with van der Waals surface area (Å²) in [6, 6.07) is 17.8. The zero-order valence-electron chi connectivity index (χ0n) is 20.9. The van der Waals surface area contributed by atoms with E-state index in [9.17, 15) is 9.59 Å². The molecular weight excluding hydrogens is 592 g/mol. The molecule has 1 fully saturated rings. The van der Waals surface area contributed by atoms with Crippen molar-refractivity contribution in [3.05, 3.63) is 91.8 Å². The molecule has 0 atom stereocenters. The van der Waals surface area contributed by atoms with E-state index in [4.69, 9.17) is 25.8 Å². The average Bonchev–Trinajstić information content (AvgIpc) is 3.16. The van der Waals surface area contributed by atoms with Crippen LogP contribution in [0, 0.1) is 0 Å². The van der Waals surface area contributed by atoms with Gasteiger partial charge in [0, 0.05) is 17.6 Å². The first-order chi connectivity index (χ1) is 18.3. The zero-order chi connectivity index (χ0) is 27.2. The van der Waals surface area contributed by atoms with Gasteiger partial charge in [-0.05, 0) is 88.7 Å². The Morgan fingerprint density at radius 2 is 1.89 bits per heavy atom. The van der Waals surface area contributed by atoms with E-state index in [1.165, 1.54) is 16.7 Å². The number of halogens is 2. The maximum Gasteiger partial charge on any atom is 0.338 e. The highest BCUT2D eigenvalue weighted by Crippen LogP contribution is 2.40. The summed E-state index contributed by atoms with van der Waals surface area (Å²) in [4.78, 5) is 31.4. The Hall–Kier alpha value is -3.27. The first kappa shape index (κ1) is 27.8.